The van der Waals surface area contributed by atoms with Crippen LogP contribution in [0.25, 0.3) is 0 Å². The molecule has 2 atom stereocenters. The van der Waals surface area contributed by atoms with Gasteiger partial charge < -0.3 is 5.11 Å². The highest BCUT2D eigenvalue weighted by Gasteiger charge is 2.57. The van der Waals surface area contributed by atoms with E-state index in [0.29, 0.717) is 12.8 Å². The number of carboxylic acid groups (broad SMARTS) is 1. The number of likely N-dealkylation sites (tertiary alicyclic amines) is 1. The molecule has 1 aliphatic heterocycles. The van der Waals surface area contributed by atoms with Crippen molar-refractivity contribution in [3.8, 4) is 0 Å². The first-order valence-electron chi connectivity index (χ1n) is 5.84. The smallest absolute Gasteiger partial charge is 0.435 e. The summed E-state index contributed by atoms with van der Waals surface area (Å²) in [6.07, 6.45) is -0.0680. The van der Waals surface area contributed by atoms with Crippen LogP contribution in [0.2, 0.25) is 0 Å². The molecule has 18 heavy (non-hydrogen) atoms. The molecule has 1 amide bonds. The van der Waals surface area contributed by atoms with Crippen LogP contribution in [-0.2, 0) is 10.0 Å². The Morgan fingerprint density at radius 2 is 1.94 bits per heavy atom. The van der Waals surface area contributed by atoms with Crippen LogP contribution in [0.5, 0.6) is 0 Å². The van der Waals surface area contributed by atoms with Crippen LogP contribution in [-0.4, -0.2) is 36.1 Å². The van der Waals surface area contributed by atoms with Gasteiger partial charge in [-0.1, -0.05) is 18.2 Å². The molecule has 1 fully saturated rings. The fourth-order valence-corrected chi connectivity index (χ4v) is 4.61. The Morgan fingerprint density at radius 3 is 2.39 bits per heavy atom. The van der Waals surface area contributed by atoms with Gasteiger partial charge >= 0.3 is 16.1 Å². The second-order valence-corrected chi connectivity index (χ2v) is 6.65. The minimum absolute atomic E-state index is 0.0705. The Bertz CT molecular complexity index is 555. The van der Waals surface area contributed by atoms with Crippen molar-refractivity contribution in [2.75, 3.05) is 6.54 Å². The van der Waals surface area contributed by atoms with E-state index < -0.39 is 26.0 Å². The van der Waals surface area contributed by atoms with E-state index in [-0.39, 0.29) is 11.4 Å². The molecule has 98 valence electrons. The predicted octanol–water partition coefficient (Wildman–Crippen LogP) is 2.05. The molecule has 0 aromatic heterocycles. The highest BCUT2D eigenvalue weighted by Crippen LogP contribution is 2.35. The minimum Gasteiger partial charge on any atom is -0.435 e. The highest BCUT2D eigenvalue weighted by molar-refractivity contribution is 7.86. The molecule has 1 aromatic rings. The van der Waals surface area contributed by atoms with Crippen molar-refractivity contribution in [2.45, 2.75) is 30.7 Å². The van der Waals surface area contributed by atoms with E-state index in [1.165, 1.54) is 12.1 Å². The molecule has 0 bridgehead atoms. The van der Waals surface area contributed by atoms with Gasteiger partial charge in [-0.25, -0.2) is 0 Å². The van der Waals surface area contributed by atoms with Crippen LogP contribution < -0.4 is 0 Å². The lowest BCUT2D eigenvalue weighted by molar-refractivity contribution is -0.741. The van der Waals surface area contributed by atoms with Gasteiger partial charge in [-0.3, -0.25) is 0 Å². The fourth-order valence-electron chi connectivity index (χ4n) is 2.58. The average Bonchev–Trinajstić information content (AvgIpc) is 2.73. The van der Waals surface area contributed by atoms with Crippen LogP contribution >= 0.6 is 0 Å². The summed E-state index contributed by atoms with van der Waals surface area (Å²) in [5, 5.41) is 9.42. The van der Waals surface area contributed by atoms with Gasteiger partial charge in [0.1, 0.15) is 17.5 Å². The standard InChI is InChI=1S/C12H15NO4S/c1-10-6-5-9-13(10,12(14)15)18(16,17)11-7-3-2-4-8-11/h2-4,7-8,10H,5-6,9H2,1H3/p+1/t10-,13?/m1/s1. The summed E-state index contributed by atoms with van der Waals surface area (Å²) in [5.74, 6) is 0. The van der Waals surface area contributed by atoms with Crippen molar-refractivity contribution in [2.24, 2.45) is 0 Å². The van der Waals surface area contributed by atoms with E-state index in [1.54, 1.807) is 25.1 Å². The van der Waals surface area contributed by atoms with Gasteiger partial charge in [0.05, 0.1) is 0 Å². The first kappa shape index (κ1) is 13.0. The van der Waals surface area contributed by atoms with Gasteiger partial charge in [-0.05, 0) is 19.1 Å². The second kappa shape index (κ2) is 4.37. The number of amides is 1. The van der Waals surface area contributed by atoms with Gasteiger partial charge in [0.25, 0.3) is 0 Å². The van der Waals surface area contributed by atoms with E-state index >= 15 is 0 Å². The van der Waals surface area contributed by atoms with E-state index in [9.17, 15) is 18.3 Å². The number of hydrogen-bond donors (Lipinski definition) is 1. The third-order valence-electron chi connectivity index (χ3n) is 3.62. The lowest BCUT2D eigenvalue weighted by atomic mass is 10.2. The SMILES string of the molecule is C[C@@H]1CCC[N+]1(C(=O)O)S(=O)(=O)c1ccccc1. The van der Waals surface area contributed by atoms with Crippen molar-refractivity contribution in [3.05, 3.63) is 30.3 Å². The van der Waals surface area contributed by atoms with E-state index in [0.717, 1.165) is 0 Å². The molecule has 0 saturated carbocycles. The molecular formula is C12H16NO4S+. The largest absolute Gasteiger partial charge is 0.529 e. The van der Waals surface area contributed by atoms with Crippen LogP contribution in [0.15, 0.2) is 35.2 Å². The Labute approximate surface area is 106 Å². The highest BCUT2D eigenvalue weighted by atomic mass is 32.2. The van der Waals surface area contributed by atoms with E-state index in [2.05, 4.69) is 0 Å². The minimum atomic E-state index is -3.91. The number of hydrogen-bond acceptors (Lipinski definition) is 3. The van der Waals surface area contributed by atoms with Crippen LogP contribution in [0.4, 0.5) is 4.79 Å². The Kier molecular flexibility index (Phi) is 3.16. The summed E-state index contributed by atoms with van der Waals surface area (Å²) in [6, 6.07) is 7.38. The number of nitrogens with zero attached hydrogens (tertiary/aromatic N) is 1. The quantitative estimate of drug-likeness (QED) is 0.835. The molecule has 1 heterocycles. The number of benzene rings is 1. The summed E-state index contributed by atoms with van der Waals surface area (Å²) in [5.41, 5.74) is 0. The van der Waals surface area contributed by atoms with Gasteiger partial charge in [0.2, 0.25) is 0 Å². The molecular weight excluding hydrogens is 254 g/mol. The monoisotopic (exact) mass is 270 g/mol. The van der Waals surface area contributed by atoms with Crippen LogP contribution in [0.3, 0.4) is 0 Å². The first-order valence-corrected chi connectivity index (χ1v) is 7.28. The maximum Gasteiger partial charge on any atom is 0.529 e. The summed E-state index contributed by atoms with van der Waals surface area (Å²) in [6.45, 7) is 1.81. The Morgan fingerprint density at radius 1 is 1.33 bits per heavy atom. The topological polar surface area (TPSA) is 71.4 Å². The van der Waals surface area contributed by atoms with Crippen molar-refractivity contribution in [1.29, 1.82) is 0 Å². The van der Waals surface area contributed by atoms with E-state index in [4.69, 9.17) is 0 Å². The van der Waals surface area contributed by atoms with Crippen molar-refractivity contribution in [3.63, 3.8) is 0 Å². The predicted molar refractivity (Wildman–Crippen MR) is 65.5 cm³/mol. The summed E-state index contributed by atoms with van der Waals surface area (Å²) in [4.78, 5) is 11.6. The Hall–Kier alpha value is -1.40. The molecule has 1 N–H and O–H groups in total. The van der Waals surface area contributed by atoms with Gasteiger partial charge in [-0.15, -0.1) is 3.89 Å². The molecule has 5 nitrogen and oxygen atoms in total. The molecule has 0 spiro atoms. The number of sulfonamides is 1. The van der Waals surface area contributed by atoms with Gasteiger partial charge in [0, 0.05) is 12.8 Å². The average molecular weight is 270 g/mol. The molecule has 2 rings (SSSR count). The van der Waals surface area contributed by atoms with E-state index in [1.807, 2.05) is 0 Å². The lowest BCUT2D eigenvalue weighted by Crippen LogP contribution is -2.58. The van der Waals surface area contributed by atoms with Crippen molar-refractivity contribution in [1.82, 2.24) is 0 Å². The lowest BCUT2D eigenvalue weighted by Gasteiger charge is -2.30. The third-order valence-corrected chi connectivity index (χ3v) is 6.04. The van der Waals surface area contributed by atoms with Crippen LogP contribution in [0.1, 0.15) is 19.8 Å². The maximum absolute atomic E-state index is 12.6. The zero-order valence-corrected chi connectivity index (χ0v) is 10.9. The molecule has 6 heteroatoms. The zero-order chi connectivity index (χ0) is 13.4. The molecule has 1 aromatic carbocycles. The number of rotatable bonds is 2. The summed E-state index contributed by atoms with van der Waals surface area (Å²) >= 11 is 0. The molecule has 1 saturated heterocycles. The van der Waals surface area contributed by atoms with Crippen molar-refractivity contribution >= 4 is 16.1 Å². The van der Waals surface area contributed by atoms with Crippen molar-refractivity contribution < 1.29 is 22.2 Å². The normalized spacial score (nSPS) is 28.2. The van der Waals surface area contributed by atoms with Crippen LogP contribution in [0, 0.1) is 0 Å². The maximum atomic E-state index is 12.6. The molecule has 1 aliphatic rings. The molecule has 0 radical (unpaired) electrons. The summed E-state index contributed by atoms with van der Waals surface area (Å²) < 4.78 is 24.3. The number of carbonyl (C=O) groups is 1. The van der Waals surface area contributed by atoms with Gasteiger partial charge in [-0.2, -0.15) is 13.2 Å². The Balaban J connectivity index is 2.61. The fraction of sp³-hybridized carbons (Fsp3) is 0.417. The molecule has 1 unspecified atom stereocenters. The number of quaternary nitrogens is 1. The molecule has 0 aliphatic carbocycles. The zero-order valence-electron chi connectivity index (χ0n) is 10.1. The van der Waals surface area contributed by atoms with Gasteiger partial charge in [0.15, 0.2) is 0 Å². The first-order chi connectivity index (χ1) is 8.43. The second-order valence-electron chi connectivity index (χ2n) is 4.58. The summed E-state index contributed by atoms with van der Waals surface area (Å²) in [7, 11) is -3.91. The third kappa shape index (κ3) is 1.64.